The van der Waals surface area contributed by atoms with Crippen molar-refractivity contribution in [3.63, 3.8) is 0 Å². The maximum atomic E-state index is 12.8. The summed E-state index contributed by atoms with van der Waals surface area (Å²) < 4.78 is 37.2. The fourth-order valence-corrected chi connectivity index (χ4v) is 5.02. The van der Waals surface area contributed by atoms with Gasteiger partial charge in [0.1, 0.15) is 11.5 Å². The van der Waals surface area contributed by atoms with Crippen molar-refractivity contribution in [2.75, 3.05) is 17.1 Å². The first kappa shape index (κ1) is 26.1. The lowest BCUT2D eigenvalue weighted by atomic mass is 9.97. The number of ether oxygens (including phenoxy) is 1. The Bertz CT molecular complexity index is 1550. The molecule has 37 heavy (non-hydrogen) atoms. The molecule has 0 radical (unpaired) electrons. The van der Waals surface area contributed by atoms with Gasteiger partial charge in [-0.05, 0) is 72.2 Å². The van der Waals surface area contributed by atoms with E-state index in [1.807, 2.05) is 43.3 Å². The minimum absolute atomic E-state index is 0.134. The van der Waals surface area contributed by atoms with Crippen LogP contribution in [0.15, 0.2) is 71.3 Å². The summed E-state index contributed by atoms with van der Waals surface area (Å²) in [4.78, 5) is 12.8. The van der Waals surface area contributed by atoms with E-state index < -0.39 is 15.9 Å². The van der Waals surface area contributed by atoms with E-state index >= 15 is 0 Å². The number of thiocarbonyl (C=S) groups is 1. The van der Waals surface area contributed by atoms with Crippen LogP contribution < -0.4 is 20.1 Å². The zero-order valence-electron chi connectivity index (χ0n) is 20.4. The maximum Gasteiger partial charge on any atom is 0.238 e. The second-order valence-electron chi connectivity index (χ2n) is 8.52. The van der Waals surface area contributed by atoms with Crippen molar-refractivity contribution < 1.29 is 22.5 Å². The Kier molecular flexibility index (Phi) is 7.74. The number of aromatic nitrogens is 1. The average molecular weight is 539 g/mol. The molecule has 11 heteroatoms. The molecule has 192 valence electrons. The first-order valence-electron chi connectivity index (χ1n) is 11.3. The van der Waals surface area contributed by atoms with Gasteiger partial charge in [-0.15, -0.1) is 0 Å². The second-order valence-corrected chi connectivity index (χ2v) is 10.6. The van der Waals surface area contributed by atoms with E-state index in [2.05, 4.69) is 20.5 Å². The molecule has 1 atom stereocenters. The van der Waals surface area contributed by atoms with E-state index in [-0.39, 0.29) is 22.6 Å². The summed E-state index contributed by atoms with van der Waals surface area (Å²) in [7, 11) is -2.04. The number of anilines is 2. The average Bonchev–Trinajstić information content (AvgIpc) is 3.27. The predicted molar refractivity (Wildman–Crippen MR) is 147 cm³/mol. The molecule has 3 aromatic carbocycles. The van der Waals surface area contributed by atoms with Gasteiger partial charge in [-0.3, -0.25) is 9.52 Å². The zero-order valence-corrected chi connectivity index (χ0v) is 22.1. The van der Waals surface area contributed by atoms with Crippen molar-refractivity contribution in [2.24, 2.45) is 0 Å². The molecule has 0 aliphatic rings. The van der Waals surface area contributed by atoms with E-state index in [1.54, 1.807) is 38.3 Å². The third-order valence-corrected chi connectivity index (χ3v) is 7.10. The number of hydrogen-bond acceptors (Lipinski definition) is 7. The Morgan fingerprint density at radius 3 is 2.43 bits per heavy atom. The smallest absolute Gasteiger partial charge is 0.238 e. The van der Waals surface area contributed by atoms with Gasteiger partial charge in [0.2, 0.25) is 15.9 Å². The van der Waals surface area contributed by atoms with Crippen LogP contribution in [0.2, 0.25) is 0 Å². The highest BCUT2D eigenvalue weighted by Crippen LogP contribution is 2.25. The number of methoxy groups -OCH3 is 1. The number of aryl methyl sites for hydroxylation is 1. The standard InChI is InChI=1S/C26H26N4O5S2/c1-16-12-24(29-35-16)30-37(32,33)15-18-4-9-22(10-5-18)27-26(36)28-25(31)17(2)19-6-7-21-14-23(34-3)11-8-20(21)13-19/h4-14,17H,15H2,1-3H3,(H,29,30)(H2,27,28,31,36). The summed E-state index contributed by atoms with van der Waals surface area (Å²) >= 11 is 5.30. The molecule has 4 rings (SSSR count). The van der Waals surface area contributed by atoms with Gasteiger partial charge in [0.25, 0.3) is 0 Å². The van der Waals surface area contributed by atoms with Gasteiger partial charge in [-0.25, -0.2) is 8.42 Å². The third-order valence-electron chi connectivity index (χ3n) is 5.66. The van der Waals surface area contributed by atoms with Crippen LogP contribution in [0.4, 0.5) is 11.5 Å². The molecule has 9 nitrogen and oxygen atoms in total. The first-order valence-corrected chi connectivity index (χ1v) is 13.4. The van der Waals surface area contributed by atoms with Gasteiger partial charge in [-0.1, -0.05) is 41.6 Å². The minimum atomic E-state index is -3.66. The summed E-state index contributed by atoms with van der Waals surface area (Å²) in [5.74, 6) is 0.493. The van der Waals surface area contributed by atoms with E-state index in [9.17, 15) is 13.2 Å². The lowest BCUT2D eigenvalue weighted by molar-refractivity contribution is -0.120. The Morgan fingerprint density at radius 1 is 1.05 bits per heavy atom. The number of nitrogens with one attached hydrogen (secondary N) is 3. The number of amides is 1. The number of benzene rings is 3. The number of carbonyl (C=O) groups is 1. The normalized spacial score (nSPS) is 12.1. The summed E-state index contributed by atoms with van der Waals surface area (Å²) in [6.07, 6.45) is 0. The molecule has 1 aromatic heterocycles. The lowest BCUT2D eigenvalue weighted by Crippen LogP contribution is -2.36. The fourth-order valence-electron chi connectivity index (χ4n) is 3.69. The molecule has 0 saturated heterocycles. The number of hydrogen-bond donors (Lipinski definition) is 3. The third kappa shape index (κ3) is 6.83. The predicted octanol–water partition coefficient (Wildman–Crippen LogP) is 4.70. The summed E-state index contributed by atoms with van der Waals surface area (Å²) in [6.45, 7) is 3.48. The lowest BCUT2D eigenvalue weighted by Gasteiger charge is -2.15. The highest BCUT2D eigenvalue weighted by atomic mass is 32.2. The van der Waals surface area contributed by atoms with Crippen molar-refractivity contribution >= 4 is 55.5 Å². The van der Waals surface area contributed by atoms with E-state index in [0.29, 0.717) is 17.0 Å². The summed E-state index contributed by atoms with van der Waals surface area (Å²) in [5, 5.41) is 11.5. The quantitative estimate of drug-likeness (QED) is 0.276. The molecule has 0 bridgehead atoms. The van der Waals surface area contributed by atoms with Crippen molar-refractivity contribution in [3.05, 3.63) is 83.6 Å². The molecule has 0 fully saturated rings. The van der Waals surface area contributed by atoms with Gasteiger partial charge < -0.3 is 19.9 Å². The zero-order chi connectivity index (χ0) is 26.6. The van der Waals surface area contributed by atoms with Crippen LogP contribution in [0.3, 0.4) is 0 Å². The van der Waals surface area contributed by atoms with Crippen LogP contribution in [0.1, 0.15) is 29.7 Å². The highest BCUT2D eigenvalue weighted by molar-refractivity contribution is 7.91. The van der Waals surface area contributed by atoms with Crippen molar-refractivity contribution in [1.29, 1.82) is 0 Å². The molecular formula is C26H26N4O5S2. The van der Waals surface area contributed by atoms with Gasteiger partial charge in [0, 0.05) is 11.8 Å². The first-order chi connectivity index (χ1) is 17.6. The number of nitrogens with zero attached hydrogens (tertiary/aromatic N) is 1. The van der Waals surface area contributed by atoms with E-state index in [0.717, 1.165) is 22.1 Å². The maximum absolute atomic E-state index is 12.8. The molecular weight excluding hydrogens is 512 g/mol. The Labute approximate surface area is 220 Å². The fraction of sp³-hybridized carbons (Fsp3) is 0.192. The van der Waals surface area contributed by atoms with Crippen LogP contribution in [-0.4, -0.2) is 31.7 Å². The van der Waals surface area contributed by atoms with Gasteiger partial charge in [0.05, 0.1) is 18.8 Å². The molecule has 4 aromatic rings. The second kappa shape index (κ2) is 11.0. The summed E-state index contributed by atoms with van der Waals surface area (Å²) in [6, 6.07) is 19.8. The van der Waals surface area contributed by atoms with Gasteiger partial charge in [0.15, 0.2) is 10.9 Å². The molecule has 1 unspecified atom stereocenters. The summed E-state index contributed by atoms with van der Waals surface area (Å²) in [5.41, 5.74) is 2.03. The molecule has 0 aliphatic carbocycles. The molecule has 0 spiro atoms. The molecule has 1 heterocycles. The molecule has 3 N–H and O–H groups in total. The number of sulfonamides is 1. The van der Waals surface area contributed by atoms with Crippen molar-refractivity contribution in [2.45, 2.75) is 25.5 Å². The van der Waals surface area contributed by atoms with Crippen molar-refractivity contribution in [1.82, 2.24) is 10.5 Å². The van der Waals surface area contributed by atoms with Crippen LogP contribution in [0, 0.1) is 6.92 Å². The molecule has 1 amide bonds. The number of carbonyl (C=O) groups excluding carboxylic acids is 1. The van der Waals surface area contributed by atoms with Gasteiger partial charge in [-0.2, -0.15) is 0 Å². The Morgan fingerprint density at radius 2 is 1.76 bits per heavy atom. The van der Waals surface area contributed by atoms with E-state index in [1.165, 1.54) is 6.07 Å². The van der Waals surface area contributed by atoms with Crippen LogP contribution in [-0.2, 0) is 20.6 Å². The Hall–Kier alpha value is -3.96. The van der Waals surface area contributed by atoms with Crippen LogP contribution in [0.25, 0.3) is 10.8 Å². The number of rotatable bonds is 8. The topological polar surface area (TPSA) is 123 Å². The molecule has 0 saturated carbocycles. The van der Waals surface area contributed by atoms with Crippen molar-refractivity contribution in [3.8, 4) is 5.75 Å². The Balaban J connectivity index is 1.32. The largest absolute Gasteiger partial charge is 0.497 e. The monoisotopic (exact) mass is 538 g/mol. The molecule has 0 aliphatic heterocycles. The van der Waals surface area contributed by atoms with Crippen LogP contribution >= 0.6 is 12.2 Å². The van der Waals surface area contributed by atoms with Gasteiger partial charge >= 0.3 is 0 Å². The highest BCUT2D eigenvalue weighted by Gasteiger charge is 2.18. The minimum Gasteiger partial charge on any atom is -0.497 e. The van der Waals surface area contributed by atoms with E-state index in [4.69, 9.17) is 21.5 Å². The number of fused-ring (bicyclic) bond motifs is 1. The van der Waals surface area contributed by atoms with Crippen LogP contribution in [0.5, 0.6) is 5.75 Å². The SMILES string of the molecule is COc1ccc2cc(C(C)C(=O)NC(=S)Nc3ccc(CS(=O)(=O)Nc4cc(C)on4)cc3)ccc2c1.